The topological polar surface area (TPSA) is 0 Å². The summed E-state index contributed by atoms with van der Waals surface area (Å²) in [4.78, 5) is 0. The predicted molar refractivity (Wildman–Crippen MR) is 287 cm³/mol. The SMILES string of the molecule is CC(C)(C)c1cc(C([Si](C)(C)C)[Si](C)(C)C)c(-c2c(C([Si](C)(C)C)[Si](C)(C)C)cc(C(C)(C)C)cc2C([Si](C)(C)C)[Si](C)(C)C)c(C([Si](C)(C)C)[Si](C)(C)C)c1. The van der Waals surface area contributed by atoms with Crippen molar-refractivity contribution < 1.29 is 0 Å². The molecule has 8 heteroatoms. The van der Waals surface area contributed by atoms with Gasteiger partial charge in [0.15, 0.2) is 0 Å². The second-order valence-corrected chi connectivity index (χ2v) is 74.0. The van der Waals surface area contributed by atoms with E-state index in [9.17, 15) is 0 Å². The molecule has 0 saturated heterocycles. The van der Waals surface area contributed by atoms with Crippen molar-refractivity contribution in [3.05, 3.63) is 57.6 Å². The summed E-state index contributed by atoms with van der Waals surface area (Å²) in [5.74, 6) is 0. The van der Waals surface area contributed by atoms with Crippen molar-refractivity contribution >= 4 is 64.6 Å². The van der Waals surface area contributed by atoms with Crippen LogP contribution in [-0.4, -0.2) is 64.6 Å². The molecule has 2 rings (SSSR count). The molecule has 2 aromatic carbocycles. The fourth-order valence-corrected chi connectivity index (χ4v) is 63.5. The molecule has 0 aliphatic rings. The lowest BCUT2D eigenvalue weighted by molar-refractivity contribution is 0.588. The Labute approximate surface area is 361 Å². The van der Waals surface area contributed by atoms with E-state index in [-0.39, 0.29) is 10.8 Å². The van der Waals surface area contributed by atoms with Crippen LogP contribution in [0.5, 0.6) is 0 Å². The summed E-state index contributed by atoms with van der Waals surface area (Å²) in [6.07, 6.45) is 0. The van der Waals surface area contributed by atoms with Gasteiger partial charge in [-0.05, 0) is 76.0 Å². The van der Waals surface area contributed by atoms with Crippen molar-refractivity contribution in [3.8, 4) is 11.1 Å². The van der Waals surface area contributed by atoms with E-state index in [4.69, 9.17) is 0 Å². The zero-order valence-electron chi connectivity index (χ0n) is 43.6. The van der Waals surface area contributed by atoms with Gasteiger partial charge in [0.25, 0.3) is 0 Å². The Hall–Kier alpha value is 0.175. The van der Waals surface area contributed by atoms with Crippen LogP contribution in [-0.2, 0) is 10.8 Å². The summed E-state index contributed by atoms with van der Waals surface area (Å²) in [5, 5.41) is 2.64. The third kappa shape index (κ3) is 12.2. The quantitative estimate of drug-likeness (QED) is 0.176. The van der Waals surface area contributed by atoms with E-state index in [0.29, 0.717) is 20.7 Å². The van der Waals surface area contributed by atoms with Gasteiger partial charge in [0.05, 0.1) is 0 Å². The third-order valence-electron chi connectivity index (χ3n) is 12.6. The number of benzene rings is 2. The maximum absolute atomic E-state index is 2.85. The molecule has 0 saturated carbocycles. The third-order valence-corrected chi connectivity index (χ3v) is 49.7. The Bertz CT molecular complexity index is 1390. The molecule has 322 valence electrons. The van der Waals surface area contributed by atoms with Crippen molar-refractivity contribution in [1.29, 1.82) is 0 Å². The Balaban J connectivity index is 4.04. The van der Waals surface area contributed by atoms with E-state index in [1.807, 2.05) is 0 Å². The van der Waals surface area contributed by atoms with Gasteiger partial charge < -0.3 is 0 Å². The maximum atomic E-state index is 2.85. The van der Waals surface area contributed by atoms with Gasteiger partial charge in [0.1, 0.15) is 0 Å². The molecule has 56 heavy (non-hydrogen) atoms. The molecule has 0 unspecified atom stereocenters. The fourth-order valence-electron chi connectivity index (χ4n) is 12.7. The Morgan fingerprint density at radius 1 is 0.268 bits per heavy atom. The van der Waals surface area contributed by atoms with Crippen molar-refractivity contribution in [1.82, 2.24) is 0 Å². The van der Waals surface area contributed by atoms with Crippen molar-refractivity contribution in [2.45, 2.75) is 230 Å². The Morgan fingerprint density at radius 2 is 0.393 bits per heavy atom. The average molecular weight is 900 g/mol. The second kappa shape index (κ2) is 16.1. The van der Waals surface area contributed by atoms with Gasteiger partial charge in [-0.3, -0.25) is 0 Å². The van der Waals surface area contributed by atoms with E-state index in [2.05, 4.69) is 223 Å². The summed E-state index contributed by atoms with van der Waals surface area (Å²) >= 11 is 0. The number of rotatable bonds is 13. The van der Waals surface area contributed by atoms with Crippen LogP contribution < -0.4 is 0 Å². The molecule has 0 atom stereocenters. The summed E-state index contributed by atoms with van der Waals surface area (Å²) < 4.78 is 0. The average Bonchev–Trinajstić information content (AvgIpc) is 2.81. The van der Waals surface area contributed by atoms with Gasteiger partial charge in [0.2, 0.25) is 0 Å². The molecule has 0 spiro atoms. The molecule has 0 aliphatic carbocycles. The van der Waals surface area contributed by atoms with Crippen LogP contribution in [0.25, 0.3) is 11.1 Å². The van der Waals surface area contributed by atoms with E-state index >= 15 is 0 Å². The molecule has 2 aromatic rings. The minimum absolute atomic E-state index is 0.0784. The first kappa shape index (κ1) is 52.3. The minimum atomic E-state index is -1.72. The van der Waals surface area contributed by atoms with Crippen LogP contribution in [0.1, 0.15) is 95.6 Å². The highest BCUT2D eigenvalue weighted by molar-refractivity contribution is 6.98. The standard InChI is InChI=1S/C48H98Si8/c1-47(2,3)35-31-37(43(49(7,8)9)50(10,11)12)41(38(32-35)44(51(13,14)15)52(16,17)18)42-39(45(53(19,20)21)54(22,23)24)33-36(48(4,5)6)34-40(42)46(55(25,26)27)56(28,29)30/h31-34,43-46H,1-30H3. The largest absolute Gasteiger partial charge is 0.0693 e. The zero-order chi connectivity index (χ0) is 44.8. The first-order chi connectivity index (χ1) is 24.2. The van der Waals surface area contributed by atoms with Gasteiger partial charge in [-0.1, -0.05) is 223 Å². The summed E-state index contributed by atoms with van der Waals surface area (Å²) in [7, 11) is -13.7. The molecule has 0 N–H and O–H groups in total. The number of hydrogen-bond acceptors (Lipinski definition) is 0. The fraction of sp³-hybridized carbons (Fsp3) is 0.750. The molecule has 0 heterocycles. The molecular weight excluding hydrogens is 801 g/mol. The van der Waals surface area contributed by atoms with Gasteiger partial charge in [-0.15, -0.1) is 0 Å². The van der Waals surface area contributed by atoms with Crippen LogP contribution in [0.3, 0.4) is 0 Å². The number of hydrogen-bond donors (Lipinski definition) is 0. The monoisotopic (exact) mass is 899 g/mol. The predicted octanol–water partition coefficient (Wildman–Crippen LogP) is 17.3. The second-order valence-electron chi connectivity index (χ2n) is 29.2. The lowest BCUT2D eigenvalue weighted by Gasteiger charge is -2.48. The zero-order valence-corrected chi connectivity index (χ0v) is 51.6. The summed E-state index contributed by atoms with van der Waals surface area (Å²) in [6.45, 7) is 80.4. The molecular formula is C48H98Si8. The highest BCUT2D eigenvalue weighted by Gasteiger charge is 2.49. The van der Waals surface area contributed by atoms with E-state index in [1.54, 1.807) is 44.5 Å². The van der Waals surface area contributed by atoms with Crippen LogP contribution in [0, 0.1) is 0 Å². The van der Waals surface area contributed by atoms with Gasteiger partial charge in [0, 0.05) is 64.6 Å². The van der Waals surface area contributed by atoms with Crippen molar-refractivity contribution in [3.63, 3.8) is 0 Å². The first-order valence-corrected chi connectivity index (χ1v) is 51.1. The van der Waals surface area contributed by atoms with Gasteiger partial charge >= 0.3 is 0 Å². The molecule has 0 aliphatic heterocycles. The molecule has 0 aromatic heterocycles. The maximum Gasteiger partial charge on any atom is 0.0493 e. The van der Waals surface area contributed by atoms with Crippen LogP contribution >= 0.6 is 0 Å². The Morgan fingerprint density at radius 3 is 0.482 bits per heavy atom. The lowest BCUT2D eigenvalue weighted by atomic mass is 9.79. The molecule has 0 nitrogen and oxygen atoms in total. The lowest BCUT2D eigenvalue weighted by Crippen LogP contribution is -2.50. The molecule has 0 bridgehead atoms. The van der Waals surface area contributed by atoms with Crippen LogP contribution in [0.15, 0.2) is 24.3 Å². The van der Waals surface area contributed by atoms with Crippen LogP contribution in [0.2, 0.25) is 157 Å². The van der Waals surface area contributed by atoms with Gasteiger partial charge in [-0.2, -0.15) is 0 Å². The molecule has 0 radical (unpaired) electrons. The highest BCUT2D eigenvalue weighted by Crippen LogP contribution is 2.55. The van der Waals surface area contributed by atoms with E-state index in [1.165, 1.54) is 0 Å². The summed E-state index contributed by atoms with van der Waals surface area (Å²) in [6, 6.07) is 11.4. The highest BCUT2D eigenvalue weighted by atomic mass is 28.4. The van der Waals surface area contributed by atoms with Gasteiger partial charge in [-0.25, -0.2) is 0 Å². The van der Waals surface area contributed by atoms with Crippen LogP contribution in [0.4, 0.5) is 0 Å². The van der Waals surface area contributed by atoms with E-state index < -0.39 is 64.6 Å². The summed E-state index contributed by atoms with van der Waals surface area (Å²) in [5.41, 5.74) is 14.0. The molecule has 0 amide bonds. The van der Waals surface area contributed by atoms with Crippen molar-refractivity contribution in [2.24, 2.45) is 0 Å². The normalized spacial score (nSPS) is 15.2. The van der Waals surface area contributed by atoms with E-state index in [0.717, 1.165) is 0 Å². The minimum Gasteiger partial charge on any atom is -0.0693 e. The Kier molecular flexibility index (Phi) is 15.1. The van der Waals surface area contributed by atoms with Crippen molar-refractivity contribution in [2.75, 3.05) is 0 Å². The smallest absolute Gasteiger partial charge is 0.0493 e. The first-order valence-electron chi connectivity index (χ1n) is 22.5. The molecule has 0 fully saturated rings.